The molecule has 3 heterocycles. The van der Waals surface area contributed by atoms with Crippen LogP contribution in [-0.4, -0.2) is 59.0 Å². The quantitative estimate of drug-likeness (QED) is 0.859. The Balaban J connectivity index is 1.82. The van der Waals surface area contributed by atoms with Gasteiger partial charge in [0.2, 0.25) is 15.8 Å². The summed E-state index contributed by atoms with van der Waals surface area (Å²) in [5.74, 6) is 0.582. The monoisotopic (exact) mass is 351 g/mol. The molecule has 8 nitrogen and oxygen atoms in total. The molecule has 0 saturated carbocycles. The smallest absolute Gasteiger partial charge is 0.274 e. The van der Waals surface area contributed by atoms with Crippen molar-refractivity contribution >= 4 is 21.7 Å². The molecular formula is C15H21N5O3S. The van der Waals surface area contributed by atoms with Gasteiger partial charge in [0.1, 0.15) is 5.69 Å². The number of hydrogen-bond acceptors (Lipinski definition) is 5. The summed E-state index contributed by atoms with van der Waals surface area (Å²) in [7, 11) is -3.33. The van der Waals surface area contributed by atoms with E-state index in [-0.39, 0.29) is 23.8 Å². The summed E-state index contributed by atoms with van der Waals surface area (Å²) in [5, 5.41) is 0. The summed E-state index contributed by atoms with van der Waals surface area (Å²) in [6.07, 6.45) is 6.18. The molecule has 2 atom stereocenters. The number of aromatic nitrogens is 3. The van der Waals surface area contributed by atoms with Crippen LogP contribution in [0, 0.1) is 11.8 Å². The highest BCUT2D eigenvalue weighted by molar-refractivity contribution is 7.88. The van der Waals surface area contributed by atoms with Crippen LogP contribution in [0.2, 0.25) is 0 Å². The van der Waals surface area contributed by atoms with Crippen molar-refractivity contribution < 1.29 is 13.2 Å². The molecule has 3 rings (SSSR count). The third kappa shape index (κ3) is 3.41. The largest absolute Gasteiger partial charge is 0.335 e. The lowest BCUT2D eigenvalue weighted by molar-refractivity contribution is 0.0778. The van der Waals surface area contributed by atoms with Gasteiger partial charge in [0.05, 0.1) is 6.26 Å². The van der Waals surface area contributed by atoms with Gasteiger partial charge >= 0.3 is 0 Å². The van der Waals surface area contributed by atoms with Gasteiger partial charge in [-0.2, -0.15) is 0 Å². The molecule has 1 amide bonds. The molecule has 1 aliphatic rings. The van der Waals surface area contributed by atoms with E-state index < -0.39 is 10.0 Å². The van der Waals surface area contributed by atoms with Crippen molar-refractivity contribution in [1.29, 1.82) is 0 Å². The number of nitrogens with one attached hydrogen (secondary N) is 1. The Morgan fingerprint density at radius 2 is 2.12 bits per heavy atom. The van der Waals surface area contributed by atoms with Crippen LogP contribution in [0.5, 0.6) is 0 Å². The molecule has 2 aromatic heterocycles. The average Bonchev–Trinajstić information content (AvgIpc) is 3.08. The van der Waals surface area contributed by atoms with Gasteiger partial charge in [0.15, 0.2) is 0 Å². The van der Waals surface area contributed by atoms with Gasteiger partial charge in [0, 0.05) is 37.7 Å². The Hall–Kier alpha value is -2.00. The molecule has 24 heavy (non-hydrogen) atoms. The molecule has 130 valence electrons. The van der Waals surface area contributed by atoms with Crippen LogP contribution in [0.15, 0.2) is 24.7 Å². The number of amides is 1. The molecule has 1 aliphatic heterocycles. The molecule has 1 fully saturated rings. The zero-order chi connectivity index (χ0) is 17.5. The first-order chi connectivity index (χ1) is 11.2. The third-order valence-corrected chi connectivity index (χ3v) is 5.06. The van der Waals surface area contributed by atoms with Gasteiger partial charge in [0.25, 0.3) is 5.91 Å². The van der Waals surface area contributed by atoms with Crippen molar-refractivity contribution in [1.82, 2.24) is 24.0 Å². The maximum Gasteiger partial charge on any atom is 0.274 e. The minimum Gasteiger partial charge on any atom is -0.335 e. The van der Waals surface area contributed by atoms with Gasteiger partial charge in [-0.05, 0) is 17.9 Å². The fourth-order valence-corrected chi connectivity index (χ4v) is 3.96. The van der Waals surface area contributed by atoms with E-state index in [1.807, 2.05) is 13.8 Å². The van der Waals surface area contributed by atoms with E-state index in [9.17, 15) is 13.2 Å². The second-order valence-electron chi connectivity index (χ2n) is 6.57. The van der Waals surface area contributed by atoms with Crippen molar-refractivity contribution in [3.63, 3.8) is 0 Å². The first kappa shape index (κ1) is 16.8. The van der Waals surface area contributed by atoms with Crippen LogP contribution in [0.4, 0.5) is 0 Å². The molecular weight excluding hydrogens is 330 g/mol. The molecule has 0 spiro atoms. The highest BCUT2D eigenvalue weighted by atomic mass is 32.2. The van der Waals surface area contributed by atoms with Crippen molar-refractivity contribution in [2.45, 2.75) is 19.9 Å². The maximum atomic E-state index is 12.7. The standard InChI is InChI=1S/C15H21N5O3S/c1-10(2)11-7-20(8-12(11)18-24(3,22)23)14(21)13-9-19-6-4-5-16-15(19)17-13/h4-6,9-12,18H,7-8H2,1-3H3/t11-,12+/m0/s1. The highest BCUT2D eigenvalue weighted by Gasteiger charge is 2.39. The number of likely N-dealkylation sites (tertiary alicyclic amines) is 1. The minimum absolute atomic E-state index is 0.0684. The summed E-state index contributed by atoms with van der Waals surface area (Å²) in [6.45, 7) is 4.91. The van der Waals surface area contributed by atoms with Crippen molar-refractivity contribution in [3.05, 3.63) is 30.4 Å². The van der Waals surface area contributed by atoms with Crippen molar-refractivity contribution in [3.8, 4) is 0 Å². The van der Waals surface area contributed by atoms with E-state index in [1.54, 1.807) is 34.0 Å². The van der Waals surface area contributed by atoms with Crippen LogP contribution in [0.3, 0.4) is 0 Å². The number of carbonyl (C=O) groups excluding carboxylic acids is 1. The van der Waals surface area contributed by atoms with E-state index >= 15 is 0 Å². The van der Waals surface area contributed by atoms with E-state index in [2.05, 4.69) is 14.7 Å². The normalized spacial score (nSPS) is 21.8. The number of imidazole rings is 1. The molecule has 0 unspecified atom stereocenters. The number of rotatable bonds is 4. The Labute approximate surface area is 140 Å². The molecule has 0 radical (unpaired) electrons. The molecule has 0 bridgehead atoms. The zero-order valence-corrected chi connectivity index (χ0v) is 14.7. The minimum atomic E-state index is -3.33. The van der Waals surface area contributed by atoms with E-state index in [1.165, 1.54) is 0 Å². The summed E-state index contributed by atoms with van der Waals surface area (Å²) >= 11 is 0. The number of fused-ring (bicyclic) bond motifs is 1. The Morgan fingerprint density at radius 3 is 2.75 bits per heavy atom. The SMILES string of the molecule is CC(C)[C@@H]1CN(C(=O)c2cn3cccnc3n2)C[C@H]1NS(C)(=O)=O. The van der Waals surface area contributed by atoms with E-state index in [0.717, 1.165) is 6.26 Å². The number of hydrogen-bond donors (Lipinski definition) is 1. The lowest BCUT2D eigenvalue weighted by Crippen LogP contribution is -2.41. The first-order valence-corrected chi connectivity index (χ1v) is 9.70. The number of carbonyl (C=O) groups is 1. The van der Waals surface area contributed by atoms with Crippen molar-refractivity contribution in [2.24, 2.45) is 11.8 Å². The second-order valence-corrected chi connectivity index (χ2v) is 8.35. The summed E-state index contributed by atoms with van der Waals surface area (Å²) in [6, 6.07) is 1.48. The Bertz CT molecular complexity index is 828. The van der Waals surface area contributed by atoms with Crippen LogP contribution < -0.4 is 4.72 Å². The molecule has 1 saturated heterocycles. The van der Waals surface area contributed by atoms with Gasteiger partial charge in [-0.25, -0.2) is 23.1 Å². The van der Waals surface area contributed by atoms with E-state index in [4.69, 9.17) is 0 Å². The van der Waals surface area contributed by atoms with Crippen molar-refractivity contribution in [2.75, 3.05) is 19.3 Å². The lowest BCUT2D eigenvalue weighted by atomic mass is 9.92. The predicted octanol–water partition coefficient (Wildman–Crippen LogP) is 0.375. The van der Waals surface area contributed by atoms with Crippen LogP contribution in [0.1, 0.15) is 24.3 Å². The Kier molecular flexibility index (Phi) is 4.31. The molecule has 9 heteroatoms. The van der Waals surface area contributed by atoms with Crippen LogP contribution >= 0.6 is 0 Å². The molecule has 1 N–H and O–H groups in total. The van der Waals surface area contributed by atoms with Gasteiger partial charge in [-0.15, -0.1) is 0 Å². The summed E-state index contributed by atoms with van der Waals surface area (Å²) in [4.78, 5) is 22.8. The summed E-state index contributed by atoms with van der Waals surface area (Å²) < 4.78 is 27.5. The molecule has 0 aliphatic carbocycles. The highest BCUT2D eigenvalue weighted by Crippen LogP contribution is 2.26. The van der Waals surface area contributed by atoms with Crippen LogP contribution in [-0.2, 0) is 10.0 Å². The predicted molar refractivity (Wildman–Crippen MR) is 89.0 cm³/mol. The Morgan fingerprint density at radius 1 is 1.38 bits per heavy atom. The fraction of sp³-hybridized carbons (Fsp3) is 0.533. The average molecular weight is 351 g/mol. The van der Waals surface area contributed by atoms with E-state index in [0.29, 0.717) is 24.6 Å². The fourth-order valence-electron chi connectivity index (χ4n) is 3.16. The third-order valence-electron chi connectivity index (χ3n) is 4.33. The number of nitrogens with zero attached hydrogens (tertiary/aromatic N) is 4. The van der Waals surface area contributed by atoms with Gasteiger partial charge in [-0.1, -0.05) is 13.8 Å². The second kappa shape index (κ2) is 6.14. The zero-order valence-electron chi connectivity index (χ0n) is 13.9. The van der Waals surface area contributed by atoms with Crippen LogP contribution in [0.25, 0.3) is 5.78 Å². The van der Waals surface area contributed by atoms with Gasteiger partial charge < -0.3 is 4.90 Å². The maximum absolute atomic E-state index is 12.7. The topological polar surface area (TPSA) is 96.7 Å². The lowest BCUT2D eigenvalue weighted by Gasteiger charge is -2.21. The van der Waals surface area contributed by atoms with Gasteiger partial charge in [-0.3, -0.25) is 9.20 Å². The first-order valence-electron chi connectivity index (χ1n) is 7.81. The summed E-state index contributed by atoms with van der Waals surface area (Å²) in [5.41, 5.74) is 0.316. The number of sulfonamides is 1. The molecule has 0 aromatic carbocycles. The molecule has 2 aromatic rings.